The van der Waals surface area contributed by atoms with Crippen molar-refractivity contribution >= 4 is 17.5 Å². The fourth-order valence-electron chi connectivity index (χ4n) is 0.774. The number of hydrogen-bond acceptors (Lipinski definition) is 4. The van der Waals surface area contributed by atoms with Crippen LogP contribution < -0.4 is 5.73 Å². The van der Waals surface area contributed by atoms with Gasteiger partial charge in [0.15, 0.2) is 17.7 Å². The van der Waals surface area contributed by atoms with Gasteiger partial charge >= 0.3 is 0 Å². The summed E-state index contributed by atoms with van der Waals surface area (Å²) >= 11 is 0. The number of carbonyl (C=O) groups is 3. The van der Waals surface area contributed by atoms with Crippen LogP contribution in [0.15, 0.2) is 12.2 Å². The molecular weight excluding hydrogens is 263 g/mol. The smallest absolute Gasteiger partial charge is 0.241 e. The number of Topliss-reactive ketones (excluding diaryl/α,β-unsaturated/α-hetero) is 1. The van der Waals surface area contributed by atoms with Crippen molar-refractivity contribution in [2.24, 2.45) is 5.73 Å². The van der Waals surface area contributed by atoms with Crippen LogP contribution in [0.4, 0.5) is 4.39 Å². The van der Waals surface area contributed by atoms with E-state index in [-0.39, 0.29) is 11.6 Å². The molecule has 0 aromatic heterocycles. The van der Waals surface area contributed by atoms with Gasteiger partial charge in [-0.25, -0.2) is 4.39 Å². The minimum absolute atomic E-state index is 0.177. The first-order chi connectivity index (χ1) is 9.16. The molecule has 5 nitrogen and oxygen atoms in total. The molecule has 1 amide bonds. The first kappa shape index (κ1) is 23.5. The van der Waals surface area contributed by atoms with Gasteiger partial charge in [0.05, 0.1) is 0 Å². The predicted octanol–water partition coefficient (Wildman–Crippen LogP) is 1.51. The highest BCUT2D eigenvalue weighted by Gasteiger charge is 2.11. The molecule has 0 bridgehead atoms. The second kappa shape index (κ2) is 15.5. The van der Waals surface area contributed by atoms with Crippen molar-refractivity contribution in [2.75, 3.05) is 20.6 Å². The highest BCUT2D eigenvalue weighted by Crippen LogP contribution is 1.99. The summed E-state index contributed by atoms with van der Waals surface area (Å²) in [5, 5.41) is 0. The number of carbonyl (C=O) groups excluding carboxylic acids is 3. The minimum Gasteiger partial charge on any atom is -0.366 e. The fraction of sp³-hybridized carbons (Fsp3) is 0.643. The van der Waals surface area contributed by atoms with E-state index in [0.717, 1.165) is 12.2 Å². The number of ketones is 2. The van der Waals surface area contributed by atoms with Crippen molar-refractivity contribution in [3.8, 4) is 0 Å². The zero-order valence-corrected chi connectivity index (χ0v) is 13.3. The lowest BCUT2D eigenvalue weighted by atomic mass is 10.2. The Hall–Kier alpha value is -1.56. The van der Waals surface area contributed by atoms with Crippen LogP contribution in [0.3, 0.4) is 0 Å². The molecule has 0 heterocycles. The van der Waals surface area contributed by atoms with E-state index >= 15 is 0 Å². The van der Waals surface area contributed by atoms with Gasteiger partial charge in [-0.1, -0.05) is 13.8 Å². The van der Waals surface area contributed by atoms with Crippen molar-refractivity contribution in [3.63, 3.8) is 0 Å². The highest BCUT2D eigenvalue weighted by atomic mass is 19.1. The molecule has 0 fully saturated rings. The first-order valence-electron chi connectivity index (χ1n) is 6.44. The molecule has 20 heavy (non-hydrogen) atoms. The summed E-state index contributed by atoms with van der Waals surface area (Å²) in [6, 6.07) is 0. The maximum absolute atomic E-state index is 12.5. The molecule has 0 radical (unpaired) electrons. The van der Waals surface area contributed by atoms with Gasteiger partial charge in [-0.15, -0.1) is 0 Å². The van der Waals surface area contributed by atoms with Crippen LogP contribution in [0.25, 0.3) is 0 Å². The van der Waals surface area contributed by atoms with Gasteiger partial charge in [0.1, 0.15) is 0 Å². The second-order valence-corrected chi connectivity index (χ2v) is 4.02. The van der Waals surface area contributed by atoms with E-state index in [0.29, 0.717) is 13.0 Å². The maximum Gasteiger partial charge on any atom is 0.241 e. The van der Waals surface area contributed by atoms with Gasteiger partial charge in [-0.05, 0) is 40.4 Å². The second-order valence-electron chi connectivity index (χ2n) is 4.02. The third-order valence-electron chi connectivity index (χ3n) is 1.75. The van der Waals surface area contributed by atoms with Gasteiger partial charge in [0.2, 0.25) is 5.91 Å². The lowest BCUT2D eigenvalue weighted by Crippen LogP contribution is -2.21. The van der Waals surface area contributed by atoms with E-state index in [2.05, 4.69) is 5.73 Å². The van der Waals surface area contributed by atoms with Gasteiger partial charge in [-0.2, -0.15) is 0 Å². The monoisotopic (exact) mass is 290 g/mol. The summed E-state index contributed by atoms with van der Waals surface area (Å²) in [6.07, 6.45) is 1.19. The van der Waals surface area contributed by atoms with Crippen LogP contribution in [0.1, 0.15) is 34.1 Å². The Labute approximate surface area is 121 Å². The van der Waals surface area contributed by atoms with E-state index in [4.69, 9.17) is 0 Å². The number of nitrogens with zero attached hydrogens (tertiary/aromatic N) is 1. The van der Waals surface area contributed by atoms with Gasteiger partial charge in [-0.3, -0.25) is 14.4 Å². The molecule has 1 atom stereocenters. The maximum atomic E-state index is 12.5. The summed E-state index contributed by atoms with van der Waals surface area (Å²) in [5.74, 6) is -1.15. The van der Waals surface area contributed by atoms with Gasteiger partial charge < -0.3 is 10.6 Å². The zero-order valence-electron chi connectivity index (χ0n) is 13.3. The summed E-state index contributed by atoms with van der Waals surface area (Å²) in [4.78, 5) is 32.2. The molecule has 0 saturated heterocycles. The zero-order chi connectivity index (χ0) is 16.7. The lowest BCUT2D eigenvalue weighted by molar-refractivity contribution is -0.122. The number of hydrogen-bond donors (Lipinski definition) is 1. The normalized spacial score (nSPS) is 11.0. The Balaban J connectivity index is -0.000000262. The standard InChI is InChI=1S/C7H14FNO.C5H7NO2.C2H6/c1-6(10)7(8)4-5-9(2)3;1-4(7)2-3-5(6)8;1-2/h7H,4-5H2,1-3H3;2-3H,1H3,(H2,6,8);1-2H3/b;3-2-;. The van der Waals surface area contributed by atoms with E-state index in [1.165, 1.54) is 13.8 Å². The molecule has 0 spiro atoms. The molecule has 0 aromatic carbocycles. The van der Waals surface area contributed by atoms with Crippen LogP contribution in [-0.2, 0) is 14.4 Å². The van der Waals surface area contributed by atoms with Crippen LogP contribution in [0, 0.1) is 0 Å². The average molecular weight is 290 g/mol. The summed E-state index contributed by atoms with van der Waals surface area (Å²) < 4.78 is 12.5. The molecule has 1 unspecified atom stereocenters. The Bertz CT molecular complexity index is 300. The van der Waals surface area contributed by atoms with E-state index in [9.17, 15) is 18.8 Å². The molecule has 0 aliphatic rings. The number of allylic oxidation sites excluding steroid dienone is 1. The predicted molar refractivity (Wildman–Crippen MR) is 79.1 cm³/mol. The molecule has 0 saturated carbocycles. The van der Waals surface area contributed by atoms with Crippen molar-refractivity contribution in [2.45, 2.75) is 40.3 Å². The van der Waals surface area contributed by atoms with Crippen molar-refractivity contribution in [3.05, 3.63) is 12.2 Å². The SMILES string of the molecule is CC.CC(=O)/C=C\C(N)=O.CC(=O)C(F)CCN(C)C. The number of alkyl halides is 1. The topological polar surface area (TPSA) is 80.5 Å². The van der Waals surface area contributed by atoms with Crippen molar-refractivity contribution in [1.82, 2.24) is 4.90 Å². The minimum atomic E-state index is -1.28. The van der Waals surface area contributed by atoms with E-state index < -0.39 is 12.1 Å². The number of amides is 1. The molecule has 0 rings (SSSR count). The lowest BCUT2D eigenvalue weighted by Gasteiger charge is -2.09. The van der Waals surface area contributed by atoms with Gasteiger partial charge in [0.25, 0.3) is 0 Å². The third-order valence-corrected chi connectivity index (χ3v) is 1.75. The quantitative estimate of drug-likeness (QED) is 0.752. The van der Waals surface area contributed by atoms with E-state index in [1.54, 1.807) is 0 Å². The molecule has 0 aromatic rings. The van der Waals surface area contributed by atoms with Crippen LogP contribution in [0.5, 0.6) is 0 Å². The fourth-order valence-corrected chi connectivity index (χ4v) is 0.774. The molecular formula is C14H27FN2O3. The number of rotatable bonds is 6. The Morgan fingerprint density at radius 3 is 1.80 bits per heavy atom. The van der Waals surface area contributed by atoms with Crippen molar-refractivity contribution in [1.29, 1.82) is 0 Å². The summed E-state index contributed by atoms with van der Waals surface area (Å²) in [7, 11) is 3.71. The van der Waals surface area contributed by atoms with Crippen LogP contribution >= 0.6 is 0 Å². The van der Waals surface area contributed by atoms with E-state index in [1.807, 2.05) is 32.8 Å². The highest BCUT2D eigenvalue weighted by molar-refractivity contribution is 5.95. The number of primary amides is 1. The number of halogens is 1. The largest absolute Gasteiger partial charge is 0.366 e. The summed E-state index contributed by atoms with van der Waals surface area (Å²) in [5.41, 5.74) is 4.66. The van der Waals surface area contributed by atoms with Crippen LogP contribution in [-0.4, -0.2) is 49.2 Å². The Morgan fingerprint density at radius 1 is 1.15 bits per heavy atom. The Kier molecular flexibility index (Phi) is 18.2. The Morgan fingerprint density at radius 2 is 1.60 bits per heavy atom. The van der Waals surface area contributed by atoms with Crippen molar-refractivity contribution < 1.29 is 18.8 Å². The summed E-state index contributed by atoms with van der Waals surface area (Å²) in [6.45, 7) is 7.25. The molecule has 0 aliphatic carbocycles. The molecule has 0 aliphatic heterocycles. The number of nitrogens with two attached hydrogens (primary N) is 1. The average Bonchev–Trinajstić information content (AvgIpc) is 2.36. The molecule has 2 N–H and O–H groups in total. The first-order valence-corrected chi connectivity index (χ1v) is 6.44. The third kappa shape index (κ3) is 25.3. The van der Waals surface area contributed by atoms with Crippen LogP contribution in [0.2, 0.25) is 0 Å². The molecule has 6 heteroatoms. The van der Waals surface area contributed by atoms with Gasteiger partial charge in [0, 0.05) is 12.6 Å². The molecule has 118 valence electrons.